The SMILES string of the molecule is COc1ccc(C(=O)c2ccc(SC(C)(C)c3ccccc3)c(OC)c2)cc1. The van der Waals surface area contributed by atoms with Crippen LogP contribution < -0.4 is 9.47 Å². The summed E-state index contributed by atoms with van der Waals surface area (Å²) in [6.45, 7) is 4.37. The second-order valence-corrected chi connectivity index (χ2v) is 8.57. The van der Waals surface area contributed by atoms with Crippen LogP contribution in [0.15, 0.2) is 77.7 Å². The van der Waals surface area contributed by atoms with Crippen molar-refractivity contribution in [1.82, 2.24) is 0 Å². The van der Waals surface area contributed by atoms with Crippen LogP contribution in [0.5, 0.6) is 11.5 Å². The van der Waals surface area contributed by atoms with Crippen molar-refractivity contribution in [3.8, 4) is 11.5 Å². The predicted molar refractivity (Wildman–Crippen MR) is 115 cm³/mol. The maximum atomic E-state index is 12.8. The zero-order valence-corrected chi connectivity index (χ0v) is 17.4. The third-order valence-electron chi connectivity index (χ3n) is 4.61. The molecule has 0 amide bonds. The molecule has 0 atom stereocenters. The van der Waals surface area contributed by atoms with Crippen molar-refractivity contribution in [2.45, 2.75) is 23.5 Å². The summed E-state index contributed by atoms with van der Waals surface area (Å²) in [6, 6.07) is 23.1. The van der Waals surface area contributed by atoms with Gasteiger partial charge < -0.3 is 9.47 Å². The minimum absolute atomic E-state index is 0.0418. The van der Waals surface area contributed by atoms with E-state index in [1.165, 1.54) is 5.56 Å². The first kappa shape index (κ1) is 20.0. The molecule has 3 aromatic rings. The van der Waals surface area contributed by atoms with E-state index < -0.39 is 0 Å². The summed E-state index contributed by atoms with van der Waals surface area (Å²) >= 11 is 1.72. The molecule has 0 aromatic heterocycles. The topological polar surface area (TPSA) is 35.5 Å². The fraction of sp³-hybridized carbons (Fsp3) is 0.208. The smallest absolute Gasteiger partial charge is 0.193 e. The Bertz CT molecular complexity index is 947. The molecule has 144 valence electrons. The molecule has 0 aliphatic heterocycles. The number of methoxy groups -OCH3 is 2. The molecular formula is C24H24O3S. The monoisotopic (exact) mass is 392 g/mol. The number of benzene rings is 3. The number of carbonyl (C=O) groups excluding carboxylic acids is 1. The van der Waals surface area contributed by atoms with E-state index in [0.29, 0.717) is 16.9 Å². The van der Waals surface area contributed by atoms with Crippen LogP contribution in [0.2, 0.25) is 0 Å². The molecule has 0 fully saturated rings. The van der Waals surface area contributed by atoms with Crippen LogP contribution in [-0.2, 0) is 4.75 Å². The Morgan fingerprint density at radius 3 is 2.07 bits per heavy atom. The first-order valence-electron chi connectivity index (χ1n) is 9.06. The molecule has 3 nitrogen and oxygen atoms in total. The number of ketones is 1. The first-order valence-corrected chi connectivity index (χ1v) is 9.87. The average molecular weight is 393 g/mol. The summed E-state index contributed by atoms with van der Waals surface area (Å²) in [5, 5.41) is 0. The maximum absolute atomic E-state index is 12.8. The van der Waals surface area contributed by atoms with Gasteiger partial charge in [-0.1, -0.05) is 30.3 Å². The Labute approximate surface area is 170 Å². The molecule has 0 saturated carbocycles. The van der Waals surface area contributed by atoms with E-state index in [1.807, 2.05) is 36.4 Å². The largest absolute Gasteiger partial charge is 0.497 e. The lowest BCUT2D eigenvalue weighted by atomic mass is 10.0. The molecule has 0 spiro atoms. The van der Waals surface area contributed by atoms with Crippen LogP contribution >= 0.6 is 11.8 Å². The molecule has 28 heavy (non-hydrogen) atoms. The lowest BCUT2D eigenvalue weighted by molar-refractivity contribution is 0.103. The van der Waals surface area contributed by atoms with E-state index in [1.54, 1.807) is 50.2 Å². The molecule has 0 saturated heterocycles. The molecule has 0 bridgehead atoms. The Hall–Kier alpha value is -2.72. The Balaban J connectivity index is 1.86. The molecule has 0 heterocycles. The summed E-state index contributed by atoms with van der Waals surface area (Å²) in [5.41, 5.74) is 2.46. The molecular weight excluding hydrogens is 368 g/mol. The van der Waals surface area contributed by atoms with Crippen molar-refractivity contribution in [3.05, 3.63) is 89.5 Å². The Kier molecular flexibility index (Phi) is 6.10. The number of carbonyl (C=O) groups is 1. The highest BCUT2D eigenvalue weighted by Crippen LogP contribution is 2.44. The molecule has 0 radical (unpaired) electrons. The van der Waals surface area contributed by atoms with Gasteiger partial charge in [-0.25, -0.2) is 0 Å². The lowest BCUT2D eigenvalue weighted by Gasteiger charge is -2.25. The highest BCUT2D eigenvalue weighted by atomic mass is 32.2. The van der Waals surface area contributed by atoms with E-state index in [0.717, 1.165) is 10.6 Å². The van der Waals surface area contributed by atoms with Gasteiger partial charge in [-0.15, -0.1) is 11.8 Å². The Morgan fingerprint density at radius 1 is 0.821 bits per heavy atom. The molecule has 0 N–H and O–H groups in total. The van der Waals surface area contributed by atoms with Crippen LogP contribution in [0.3, 0.4) is 0 Å². The zero-order valence-electron chi connectivity index (χ0n) is 16.6. The summed E-state index contributed by atoms with van der Waals surface area (Å²) in [6.07, 6.45) is 0. The maximum Gasteiger partial charge on any atom is 0.193 e. The number of thioether (sulfide) groups is 1. The number of rotatable bonds is 7. The summed E-state index contributed by atoms with van der Waals surface area (Å²) < 4.78 is 10.6. The average Bonchev–Trinajstić information content (AvgIpc) is 2.74. The molecule has 0 aliphatic carbocycles. The number of hydrogen-bond acceptors (Lipinski definition) is 4. The van der Waals surface area contributed by atoms with Gasteiger partial charge in [0, 0.05) is 15.9 Å². The van der Waals surface area contributed by atoms with Crippen molar-refractivity contribution in [2.75, 3.05) is 14.2 Å². The highest BCUT2D eigenvalue weighted by molar-refractivity contribution is 8.00. The third kappa shape index (κ3) is 4.39. The van der Waals surface area contributed by atoms with E-state index in [9.17, 15) is 4.79 Å². The van der Waals surface area contributed by atoms with Crippen molar-refractivity contribution in [2.24, 2.45) is 0 Å². The van der Waals surface area contributed by atoms with Crippen LogP contribution in [0, 0.1) is 0 Å². The minimum Gasteiger partial charge on any atom is -0.497 e. The van der Waals surface area contributed by atoms with Crippen molar-refractivity contribution in [1.29, 1.82) is 0 Å². The second kappa shape index (κ2) is 8.53. The number of hydrogen-bond donors (Lipinski definition) is 0. The Morgan fingerprint density at radius 2 is 1.46 bits per heavy atom. The van der Waals surface area contributed by atoms with Gasteiger partial charge in [-0.2, -0.15) is 0 Å². The van der Waals surface area contributed by atoms with Gasteiger partial charge >= 0.3 is 0 Å². The minimum atomic E-state index is -0.129. The molecule has 3 aromatic carbocycles. The van der Waals surface area contributed by atoms with Crippen LogP contribution in [0.1, 0.15) is 35.3 Å². The quantitative estimate of drug-likeness (QED) is 0.367. The van der Waals surface area contributed by atoms with E-state index >= 15 is 0 Å². The third-order valence-corrected chi connectivity index (χ3v) is 5.92. The molecule has 3 rings (SSSR count). The number of ether oxygens (including phenoxy) is 2. The standard InChI is InChI=1S/C24H24O3S/c1-24(2,19-8-6-5-7-9-19)28-22-15-12-18(16-21(22)27-4)23(25)17-10-13-20(26-3)14-11-17/h5-16H,1-4H3. The molecule has 0 unspecified atom stereocenters. The molecule has 4 heteroatoms. The van der Waals surface area contributed by atoms with Gasteiger partial charge in [-0.05, 0) is 61.9 Å². The van der Waals surface area contributed by atoms with Gasteiger partial charge in [0.25, 0.3) is 0 Å². The van der Waals surface area contributed by atoms with Crippen LogP contribution in [0.4, 0.5) is 0 Å². The van der Waals surface area contributed by atoms with Crippen LogP contribution in [0.25, 0.3) is 0 Å². The normalized spacial score (nSPS) is 11.1. The van der Waals surface area contributed by atoms with Gasteiger partial charge in [-0.3, -0.25) is 4.79 Å². The van der Waals surface area contributed by atoms with Gasteiger partial charge in [0.15, 0.2) is 5.78 Å². The van der Waals surface area contributed by atoms with Crippen molar-refractivity contribution >= 4 is 17.5 Å². The van der Waals surface area contributed by atoms with Gasteiger partial charge in [0.2, 0.25) is 0 Å². The van der Waals surface area contributed by atoms with Crippen molar-refractivity contribution < 1.29 is 14.3 Å². The summed E-state index contributed by atoms with van der Waals surface area (Å²) in [5.74, 6) is 1.39. The van der Waals surface area contributed by atoms with Gasteiger partial charge in [0.1, 0.15) is 11.5 Å². The van der Waals surface area contributed by atoms with Gasteiger partial charge in [0.05, 0.1) is 19.1 Å². The zero-order chi connectivity index (χ0) is 20.1. The first-order chi connectivity index (χ1) is 13.4. The summed E-state index contributed by atoms with van der Waals surface area (Å²) in [7, 11) is 3.24. The fourth-order valence-corrected chi connectivity index (χ4v) is 4.16. The second-order valence-electron chi connectivity index (χ2n) is 6.90. The van der Waals surface area contributed by atoms with E-state index in [4.69, 9.17) is 9.47 Å². The highest BCUT2D eigenvalue weighted by Gasteiger charge is 2.24. The molecule has 0 aliphatic rings. The van der Waals surface area contributed by atoms with Crippen LogP contribution in [-0.4, -0.2) is 20.0 Å². The summed E-state index contributed by atoms with van der Waals surface area (Å²) in [4.78, 5) is 13.8. The predicted octanol–water partition coefficient (Wildman–Crippen LogP) is 5.96. The van der Waals surface area contributed by atoms with Crippen molar-refractivity contribution in [3.63, 3.8) is 0 Å². The lowest BCUT2D eigenvalue weighted by Crippen LogP contribution is -2.12. The fourth-order valence-electron chi connectivity index (χ4n) is 2.98. The van der Waals surface area contributed by atoms with E-state index in [-0.39, 0.29) is 10.5 Å². The van der Waals surface area contributed by atoms with E-state index in [2.05, 4.69) is 26.0 Å².